The number of likely N-dealkylation sites (tertiary alicyclic amines) is 1. The maximum atomic E-state index is 14.9. The number of rotatable bonds is 10. The minimum atomic E-state index is -1.63. The van der Waals surface area contributed by atoms with E-state index in [0.29, 0.717) is 19.6 Å². The highest BCUT2D eigenvalue weighted by molar-refractivity contribution is 5.92. The van der Waals surface area contributed by atoms with E-state index in [1.54, 1.807) is 24.5 Å². The summed E-state index contributed by atoms with van der Waals surface area (Å²) in [6, 6.07) is 17.9. The van der Waals surface area contributed by atoms with Gasteiger partial charge in [-0.05, 0) is 85.6 Å². The largest absolute Gasteiger partial charge is 0.382 e. The number of hydrogen-bond acceptors (Lipinski definition) is 7. The second-order valence-electron chi connectivity index (χ2n) is 12.0. The van der Waals surface area contributed by atoms with Crippen LogP contribution < -0.4 is 5.32 Å². The minimum absolute atomic E-state index is 0.0185. The van der Waals surface area contributed by atoms with Crippen LogP contribution in [0.4, 0.5) is 13.2 Å². The van der Waals surface area contributed by atoms with Gasteiger partial charge in [-0.2, -0.15) is 10.2 Å². The number of hydrogen-bond donors (Lipinski definition) is 2. The normalized spacial score (nSPS) is 15.7. The number of piperidine rings is 1. The number of fused-ring (bicyclic) bond motifs is 1. The third kappa shape index (κ3) is 6.66. The molecule has 1 aliphatic heterocycles. The molecule has 0 unspecified atom stereocenters. The van der Waals surface area contributed by atoms with Crippen molar-refractivity contribution in [3.63, 3.8) is 0 Å². The zero-order chi connectivity index (χ0) is 32.4. The quantitative estimate of drug-likeness (QED) is 0.213. The third-order valence-corrected chi connectivity index (χ3v) is 8.77. The van der Waals surface area contributed by atoms with E-state index in [1.165, 1.54) is 35.5 Å². The van der Waals surface area contributed by atoms with E-state index in [0.717, 1.165) is 58.4 Å². The first kappa shape index (κ1) is 30.7. The van der Waals surface area contributed by atoms with Crippen LogP contribution in [-0.4, -0.2) is 65.0 Å². The molecule has 1 saturated heterocycles. The van der Waals surface area contributed by atoms with Crippen LogP contribution in [0.1, 0.15) is 24.0 Å². The number of pyridine rings is 2. The van der Waals surface area contributed by atoms with Crippen LogP contribution in [0.3, 0.4) is 0 Å². The van der Waals surface area contributed by atoms with Gasteiger partial charge in [0, 0.05) is 60.5 Å². The summed E-state index contributed by atoms with van der Waals surface area (Å²) in [5.41, 5.74) is 3.90. The Labute approximate surface area is 269 Å². The molecular weight excluding hydrogens is 605 g/mol. The van der Waals surface area contributed by atoms with E-state index in [-0.39, 0.29) is 30.5 Å². The van der Waals surface area contributed by atoms with Crippen molar-refractivity contribution in [2.45, 2.75) is 37.6 Å². The van der Waals surface area contributed by atoms with Crippen LogP contribution in [0.25, 0.3) is 27.9 Å². The highest BCUT2D eigenvalue weighted by Crippen LogP contribution is 2.35. The van der Waals surface area contributed by atoms with Crippen molar-refractivity contribution >= 4 is 5.52 Å². The monoisotopic (exact) mass is 638 g/mol. The zero-order valence-electron chi connectivity index (χ0n) is 25.5. The predicted molar refractivity (Wildman–Crippen MR) is 170 cm³/mol. The van der Waals surface area contributed by atoms with E-state index >= 15 is 0 Å². The summed E-state index contributed by atoms with van der Waals surface area (Å²) in [6.07, 6.45) is 9.98. The predicted octanol–water partition coefficient (Wildman–Crippen LogP) is 5.21. The Bertz CT molecular complexity index is 1960. The van der Waals surface area contributed by atoms with Gasteiger partial charge in [0.1, 0.15) is 41.4 Å². The maximum absolute atomic E-state index is 14.9. The lowest BCUT2D eigenvalue weighted by Crippen LogP contribution is -2.49. The minimum Gasteiger partial charge on any atom is -0.382 e. The van der Waals surface area contributed by atoms with E-state index in [1.807, 2.05) is 22.8 Å². The molecule has 9 nitrogen and oxygen atoms in total. The van der Waals surface area contributed by atoms with Crippen LogP contribution in [-0.2, 0) is 18.7 Å². The molecule has 2 N–H and O–H groups in total. The van der Waals surface area contributed by atoms with E-state index in [9.17, 15) is 18.3 Å². The van der Waals surface area contributed by atoms with Gasteiger partial charge in [0.05, 0.1) is 12.1 Å². The van der Waals surface area contributed by atoms with Crippen LogP contribution in [0, 0.1) is 17.5 Å². The molecule has 47 heavy (non-hydrogen) atoms. The third-order valence-electron chi connectivity index (χ3n) is 8.77. The SMILES string of the molecule is O[C@@](CN1CCC(NCc2ccc3c(-c4ccncc4)c(-c4ccc(F)cc4)nn3c2)CC1)(Cn1cncn1)c1ccc(F)cc1F. The first-order chi connectivity index (χ1) is 22.8. The average molecular weight is 639 g/mol. The van der Waals surface area contributed by atoms with E-state index < -0.39 is 17.2 Å². The number of aliphatic hydroxyl groups is 1. The molecule has 5 heterocycles. The van der Waals surface area contributed by atoms with Gasteiger partial charge in [0.2, 0.25) is 0 Å². The Hall–Kier alpha value is -4.91. The molecular formula is C35H33F3N8O. The Kier molecular flexibility index (Phi) is 8.54. The second kappa shape index (κ2) is 13.1. The van der Waals surface area contributed by atoms with E-state index in [4.69, 9.17) is 5.10 Å². The molecule has 0 spiro atoms. The molecule has 1 atom stereocenters. The highest BCUT2D eigenvalue weighted by Gasteiger charge is 2.36. The lowest BCUT2D eigenvalue weighted by Gasteiger charge is -2.38. The van der Waals surface area contributed by atoms with Gasteiger partial charge < -0.3 is 10.4 Å². The summed E-state index contributed by atoms with van der Waals surface area (Å²) < 4.78 is 45.6. The number of aromatic nitrogens is 6. The van der Waals surface area contributed by atoms with E-state index in [2.05, 4.69) is 37.4 Å². The molecule has 240 valence electrons. The Balaban J connectivity index is 1.03. The number of β-amino-alcohol motifs (C(OH)–C–C–N with tert-alkyl or cyclic N) is 1. The fourth-order valence-electron chi connectivity index (χ4n) is 6.41. The van der Waals surface area contributed by atoms with Crippen LogP contribution in [0.15, 0.2) is 98.0 Å². The number of nitrogens with one attached hydrogen (secondary N) is 1. The summed E-state index contributed by atoms with van der Waals surface area (Å²) >= 11 is 0. The van der Waals surface area contributed by atoms with Crippen molar-refractivity contribution in [3.05, 3.63) is 127 Å². The summed E-state index contributed by atoms with van der Waals surface area (Å²) in [6.45, 7) is 2.15. The van der Waals surface area contributed by atoms with Crippen molar-refractivity contribution in [2.75, 3.05) is 19.6 Å². The summed E-state index contributed by atoms with van der Waals surface area (Å²) in [5.74, 6) is -1.79. The maximum Gasteiger partial charge on any atom is 0.137 e. The zero-order valence-corrected chi connectivity index (χ0v) is 25.5. The van der Waals surface area contributed by atoms with Crippen LogP contribution in [0.5, 0.6) is 0 Å². The lowest BCUT2D eigenvalue weighted by atomic mass is 9.91. The molecule has 6 aromatic rings. The van der Waals surface area contributed by atoms with Crippen LogP contribution >= 0.6 is 0 Å². The first-order valence-corrected chi connectivity index (χ1v) is 15.5. The number of nitrogens with zero attached hydrogens (tertiary/aromatic N) is 7. The topological polar surface area (TPSA) is 96.4 Å². The molecule has 0 saturated carbocycles. The van der Waals surface area contributed by atoms with Crippen molar-refractivity contribution in [2.24, 2.45) is 0 Å². The van der Waals surface area contributed by atoms with Gasteiger partial charge in [-0.3, -0.25) is 9.88 Å². The second-order valence-corrected chi connectivity index (χ2v) is 12.0. The molecule has 12 heteroatoms. The summed E-state index contributed by atoms with van der Waals surface area (Å²) in [5, 5.41) is 24.4. The molecule has 7 rings (SSSR count). The Morgan fingerprint density at radius 1 is 0.851 bits per heavy atom. The summed E-state index contributed by atoms with van der Waals surface area (Å²) in [4.78, 5) is 10.2. The molecule has 0 radical (unpaired) electrons. The fourth-order valence-corrected chi connectivity index (χ4v) is 6.41. The first-order valence-electron chi connectivity index (χ1n) is 15.5. The molecule has 4 aromatic heterocycles. The lowest BCUT2D eigenvalue weighted by molar-refractivity contribution is -0.0272. The molecule has 0 amide bonds. The fraction of sp³-hybridized carbons (Fsp3) is 0.257. The number of benzene rings is 2. The Morgan fingerprint density at radius 2 is 1.62 bits per heavy atom. The van der Waals surface area contributed by atoms with Crippen LogP contribution in [0.2, 0.25) is 0 Å². The van der Waals surface area contributed by atoms with Crippen molar-refractivity contribution < 1.29 is 18.3 Å². The van der Waals surface area contributed by atoms with Gasteiger partial charge in [-0.1, -0.05) is 12.1 Å². The van der Waals surface area contributed by atoms with Gasteiger partial charge in [-0.25, -0.2) is 27.4 Å². The standard InChI is InChI=1S/C35H33F3N8O/c36-27-4-2-26(3-5-27)34-33(25-9-13-39-14-10-25)32-8-1-24(19-46(32)43-34)18-41-29-11-15-44(16-12-29)20-35(47,21-45-23-40-22-42-45)30-7-6-28(37)17-31(30)38/h1-10,13-14,17,19,22-23,29,41,47H,11-12,15-16,18,20-21H2/t35-/m0/s1. The number of halogens is 3. The molecule has 0 aliphatic carbocycles. The van der Waals surface area contributed by atoms with Gasteiger partial charge in [0.25, 0.3) is 0 Å². The van der Waals surface area contributed by atoms with Gasteiger partial charge in [0.15, 0.2) is 0 Å². The van der Waals surface area contributed by atoms with Crippen molar-refractivity contribution in [3.8, 4) is 22.4 Å². The van der Waals surface area contributed by atoms with Crippen molar-refractivity contribution in [1.82, 2.24) is 39.6 Å². The van der Waals surface area contributed by atoms with Gasteiger partial charge in [-0.15, -0.1) is 0 Å². The molecule has 0 bridgehead atoms. The molecule has 1 aliphatic rings. The molecule has 1 fully saturated rings. The Morgan fingerprint density at radius 3 is 2.34 bits per heavy atom. The molecule has 2 aromatic carbocycles. The van der Waals surface area contributed by atoms with Crippen molar-refractivity contribution in [1.29, 1.82) is 0 Å². The average Bonchev–Trinajstić information content (AvgIpc) is 3.72. The highest BCUT2D eigenvalue weighted by atomic mass is 19.1. The van der Waals surface area contributed by atoms with Gasteiger partial charge >= 0.3 is 0 Å². The summed E-state index contributed by atoms with van der Waals surface area (Å²) in [7, 11) is 0. The smallest absolute Gasteiger partial charge is 0.137 e.